The van der Waals surface area contributed by atoms with E-state index in [1.807, 2.05) is 0 Å². The fourth-order valence-electron chi connectivity index (χ4n) is 3.44. The zero-order chi connectivity index (χ0) is 22.2. The summed E-state index contributed by atoms with van der Waals surface area (Å²) in [7, 11) is 0. The summed E-state index contributed by atoms with van der Waals surface area (Å²) in [4.78, 5) is 37.3. The van der Waals surface area contributed by atoms with Crippen LogP contribution < -0.4 is 15.0 Å². The Morgan fingerprint density at radius 3 is 2.61 bits per heavy atom. The summed E-state index contributed by atoms with van der Waals surface area (Å²) in [6.45, 7) is 3.33. The van der Waals surface area contributed by atoms with Crippen LogP contribution >= 0.6 is 0 Å². The highest BCUT2D eigenvalue weighted by molar-refractivity contribution is 6.08. The second-order valence-corrected chi connectivity index (χ2v) is 7.08. The molecule has 1 saturated heterocycles. The molecule has 0 aromatic heterocycles. The Hall–Kier alpha value is -3.62. The third-order valence-electron chi connectivity index (χ3n) is 4.89. The molecule has 1 fully saturated rings. The van der Waals surface area contributed by atoms with Gasteiger partial charge in [-0.2, -0.15) is 0 Å². The lowest BCUT2D eigenvalue weighted by Gasteiger charge is -2.30. The van der Waals surface area contributed by atoms with Gasteiger partial charge in [-0.3, -0.25) is 14.9 Å². The zero-order valence-corrected chi connectivity index (χ0v) is 17.3. The molecule has 2 aromatic rings. The fraction of sp³-hybridized carbons (Fsp3) is 0.364. The van der Waals surface area contributed by atoms with Crippen LogP contribution in [0.5, 0.6) is 5.75 Å². The number of rotatable bonds is 8. The molecule has 164 valence electrons. The Morgan fingerprint density at radius 1 is 1.13 bits per heavy atom. The lowest BCUT2D eigenvalue weighted by Crippen LogP contribution is -2.31. The van der Waals surface area contributed by atoms with Crippen molar-refractivity contribution in [2.45, 2.75) is 26.2 Å². The van der Waals surface area contributed by atoms with E-state index in [-0.39, 0.29) is 24.5 Å². The normalized spacial score (nSPS) is 13.4. The first kappa shape index (κ1) is 22.1. The molecule has 0 bridgehead atoms. The van der Waals surface area contributed by atoms with Gasteiger partial charge in [-0.05, 0) is 44.4 Å². The van der Waals surface area contributed by atoms with Crippen molar-refractivity contribution in [3.63, 3.8) is 0 Å². The average Bonchev–Trinajstić information content (AvgIpc) is 2.78. The minimum absolute atomic E-state index is 0.141. The molecule has 9 nitrogen and oxygen atoms in total. The molecule has 0 atom stereocenters. The molecule has 0 saturated carbocycles. The summed E-state index contributed by atoms with van der Waals surface area (Å²) in [6, 6.07) is 10.9. The van der Waals surface area contributed by atoms with Crippen molar-refractivity contribution in [3.8, 4) is 5.75 Å². The van der Waals surface area contributed by atoms with Crippen molar-refractivity contribution in [1.29, 1.82) is 0 Å². The van der Waals surface area contributed by atoms with E-state index in [1.165, 1.54) is 12.1 Å². The lowest BCUT2D eigenvalue weighted by atomic mass is 10.1. The standard InChI is InChI=1S/C22H25N3O6/c1-2-30-21(26)15-31-18-8-6-7-16(13-18)23-22(27)19-14-17(25(28)29)9-10-20(19)24-11-4-3-5-12-24/h6-10,13-14H,2-5,11-12,15H2,1H3,(H,23,27). The van der Waals surface area contributed by atoms with Gasteiger partial charge in [0.05, 0.1) is 22.8 Å². The number of nitro benzene ring substituents is 1. The molecular weight excluding hydrogens is 402 g/mol. The van der Waals surface area contributed by atoms with Crippen LogP contribution in [0.4, 0.5) is 17.1 Å². The number of ether oxygens (including phenoxy) is 2. The lowest BCUT2D eigenvalue weighted by molar-refractivity contribution is -0.384. The molecule has 1 aliphatic rings. The van der Waals surface area contributed by atoms with E-state index in [4.69, 9.17) is 9.47 Å². The number of nitro groups is 1. The number of nitrogens with zero attached hydrogens (tertiary/aromatic N) is 2. The molecule has 3 rings (SSSR count). The van der Waals surface area contributed by atoms with Crippen molar-refractivity contribution in [2.75, 3.05) is 36.5 Å². The van der Waals surface area contributed by atoms with Gasteiger partial charge in [0.15, 0.2) is 6.61 Å². The SMILES string of the molecule is CCOC(=O)COc1cccc(NC(=O)c2cc([N+](=O)[O-])ccc2N2CCCCC2)c1. The van der Waals surface area contributed by atoms with Crippen LogP contribution in [0.1, 0.15) is 36.5 Å². The van der Waals surface area contributed by atoms with E-state index in [2.05, 4.69) is 10.2 Å². The topological polar surface area (TPSA) is 111 Å². The van der Waals surface area contributed by atoms with E-state index >= 15 is 0 Å². The fourth-order valence-corrected chi connectivity index (χ4v) is 3.44. The molecule has 1 heterocycles. The van der Waals surface area contributed by atoms with Crippen LogP contribution in [0.3, 0.4) is 0 Å². The molecule has 2 aromatic carbocycles. The van der Waals surface area contributed by atoms with Crippen LogP contribution in [0, 0.1) is 10.1 Å². The number of carbonyl (C=O) groups excluding carboxylic acids is 2. The smallest absolute Gasteiger partial charge is 0.344 e. The number of esters is 1. The maximum atomic E-state index is 13.0. The highest BCUT2D eigenvalue weighted by atomic mass is 16.6. The summed E-state index contributed by atoms with van der Waals surface area (Å²) < 4.78 is 10.2. The molecule has 0 radical (unpaired) electrons. The van der Waals surface area contributed by atoms with Crippen LogP contribution in [-0.2, 0) is 9.53 Å². The highest BCUT2D eigenvalue weighted by Crippen LogP contribution is 2.29. The Balaban J connectivity index is 1.79. The second-order valence-electron chi connectivity index (χ2n) is 7.08. The summed E-state index contributed by atoms with van der Waals surface area (Å²) in [5, 5.41) is 14.0. The van der Waals surface area contributed by atoms with Crippen LogP contribution in [0.15, 0.2) is 42.5 Å². The molecule has 9 heteroatoms. The number of hydrogen-bond donors (Lipinski definition) is 1. The maximum absolute atomic E-state index is 13.0. The van der Waals surface area contributed by atoms with Gasteiger partial charge in [0.2, 0.25) is 0 Å². The summed E-state index contributed by atoms with van der Waals surface area (Å²) >= 11 is 0. The van der Waals surface area contributed by atoms with E-state index in [0.29, 0.717) is 17.1 Å². The average molecular weight is 427 g/mol. The van der Waals surface area contributed by atoms with Gasteiger partial charge in [0, 0.05) is 37.0 Å². The summed E-state index contributed by atoms with van der Waals surface area (Å²) in [6.07, 6.45) is 3.15. The first-order valence-corrected chi connectivity index (χ1v) is 10.2. The predicted molar refractivity (Wildman–Crippen MR) is 116 cm³/mol. The van der Waals surface area contributed by atoms with Gasteiger partial charge >= 0.3 is 5.97 Å². The number of hydrogen-bond acceptors (Lipinski definition) is 7. The van der Waals surface area contributed by atoms with Crippen LogP contribution in [-0.4, -0.2) is 43.1 Å². The number of non-ortho nitro benzene ring substituents is 1. The first-order chi connectivity index (χ1) is 15.0. The van der Waals surface area contributed by atoms with Gasteiger partial charge in [0.1, 0.15) is 5.75 Å². The Kier molecular flexibility index (Phi) is 7.42. The van der Waals surface area contributed by atoms with Crippen LogP contribution in [0.2, 0.25) is 0 Å². The molecular formula is C22H25N3O6. The van der Waals surface area contributed by atoms with Crippen LogP contribution in [0.25, 0.3) is 0 Å². The van der Waals surface area contributed by atoms with Gasteiger partial charge in [-0.1, -0.05) is 6.07 Å². The summed E-state index contributed by atoms with van der Waals surface area (Å²) in [5.74, 6) is -0.548. The van der Waals surface area contributed by atoms with E-state index in [1.54, 1.807) is 37.3 Å². The van der Waals surface area contributed by atoms with Gasteiger partial charge in [-0.25, -0.2) is 4.79 Å². The number of nitrogens with one attached hydrogen (secondary N) is 1. The highest BCUT2D eigenvalue weighted by Gasteiger charge is 2.22. The molecule has 1 amide bonds. The quantitative estimate of drug-likeness (QED) is 0.388. The monoisotopic (exact) mass is 427 g/mol. The second kappa shape index (κ2) is 10.4. The van der Waals surface area contributed by atoms with E-state index < -0.39 is 16.8 Å². The van der Waals surface area contributed by atoms with Crippen molar-refractivity contribution >= 4 is 28.9 Å². The van der Waals surface area contributed by atoms with Gasteiger partial charge in [0.25, 0.3) is 11.6 Å². The third kappa shape index (κ3) is 5.94. The first-order valence-electron chi connectivity index (χ1n) is 10.2. The Bertz CT molecular complexity index is 956. The largest absolute Gasteiger partial charge is 0.482 e. The van der Waals surface area contributed by atoms with Crippen molar-refractivity contribution in [3.05, 3.63) is 58.1 Å². The predicted octanol–water partition coefficient (Wildman–Crippen LogP) is 3.78. The zero-order valence-electron chi connectivity index (χ0n) is 17.3. The molecule has 1 N–H and O–H groups in total. The molecule has 0 spiro atoms. The number of amides is 1. The molecule has 0 unspecified atom stereocenters. The minimum atomic E-state index is -0.513. The molecule has 0 aliphatic carbocycles. The Morgan fingerprint density at radius 2 is 1.90 bits per heavy atom. The van der Waals surface area contributed by atoms with E-state index in [9.17, 15) is 19.7 Å². The number of anilines is 2. The van der Waals surface area contributed by atoms with Crippen molar-refractivity contribution < 1.29 is 24.0 Å². The van der Waals surface area contributed by atoms with E-state index in [0.717, 1.165) is 32.4 Å². The third-order valence-corrected chi connectivity index (χ3v) is 4.89. The minimum Gasteiger partial charge on any atom is -0.482 e. The summed E-state index contributed by atoms with van der Waals surface area (Å²) in [5.41, 5.74) is 1.23. The van der Waals surface area contributed by atoms with Gasteiger partial charge < -0.3 is 19.7 Å². The number of piperidine rings is 1. The van der Waals surface area contributed by atoms with Crippen molar-refractivity contribution in [2.24, 2.45) is 0 Å². The van der Waals surface area contributed by atoms with Crippen molar-refractivity contribution in [1.82, 2.24) is 0 Å². The van der Waals surface area contributed by atoms with Gasteiger partial charge in [-0.15, -0.1) is 0 Å². The number of benzene rings is 2. The number of carbonyl (C=O) groups is 2. The maximum Gasteiger partial charge on any atom is 0.344 e. The molecule has 1 aliphatic heterocycles. The molecule has 31 heavy (non-hydrogen) atoms. The Labute approximate surface area is 180 Å².